The van der Waals surface area contributed by atoms with E-state index in [1.165, 1.54) is 5.57 Å². The summed E-state index contributed by atoms with van der Waals surface area (Å²) in [6, 6.07) is 0. The Morgan fingerprint density at radius 3 is 2.71 bits per heavy atom. The third-order valence-electron chi connectivity index (χ3n) is 4.21. The molecule has 2 aliphatic rings. The highest BCUT2D eigenvalue weighted by Crippen LogP contribution is 2.53. The number of hydrogen-bond donors (Lipinski definition) is 0. The number of rotatable bonds is 2. The minimum Gasteiger partial charge on any atom is -0.372 e. The van der Waals surface area contributed by atoms with E-state index < -0.39 is 0 Å². The van der Waals surface area contributed by atoms with Crippen molar-refractivity contribution in [3.8, 4) is 0 Å². The summed E-state index contributed by atoms with van der Waals surface area (Å²) in [6.07, 6.45) is 7.08. The summed E-state index contributed by atoms with van der Waals surface area (Å²) in [5.74, 6) is 0.306. The van der Waals surface area contributed by atoms with Gasteiger partial charge in [0.05, 0.1) is 11.7 Å². The Hall–Kier alpha value is -0.630. The van der Waals surface area contributed by atoms with Gasteiger partial charge in [0.1, 0.15) is 0 Å². The minimum atomic E-state index is -0.0935. The SMILES string of the molecule is CC[C@@]12CCC(=O)C=C1CC[C@H]2OC(C)(C)C. The average molecular weight is 236 g/mol. The number of ether oxygens (including phenoxy) is 1. The van der Waals surface area contributed by atoms with Crippen molar-refractivity contribution in [3.63, 3.8) is 0 Å². The summed E-state index contributed by atoms with van der Waals surface area (Å²) in [5.41, 5.74) is 1.41. The van der Waals surface area contributed by atoms with E-state index in [1.54, 1.807) is 0 Å². The van der Waals surface area contributed by atoms with Gasteiger partial charge in [-0.1, -0.05) is 12.5 Å². The number of carbonyl (C=O) groups excluding carboxylic acids is 1. The molecular weight excluding hydrogens is 212 g/mol. The first-order valence-corrected chi connectivity index (χ1v) is 6.79. The lowest BCUT2D eigenvalue weighted by Gasteiger charge is -2.40. The van der Waals surface area contributed by atoms with Gasteiger partial charge >= 0.3 is 0 Å². The van der Waals surface area contributed by atoms with Gasteiger partial charge in [-0.15, -0.1) is 0 Å². The summed E-state index contributed by atoms with van der Waals surface area (Å²) in [4.78, 5) is 11.5. The van der Waals surface area contributed by atoms with Gasteiger partial charge in [-0.25, -0.2) is 0 Å². The predicted molar refractivity (Wildman–Crippen MR) is 68.9 cm³/mol. The van der Waals surface area contributed by atoms with Crippen LogP contribution in [0.3, 0.4) is 0 Å². The van der Waals surface area contributed by atoms with Gasteiger partial charge in [0.2, 0.25) is 0 Å². The van der Waals surface area contributed by atoms with E-state index >= 15 is 0 Å². The molecule has 0 bridgehead atoms. The first kappa shape index (κ1) is 12.8. The van der Waals surface area contributed by atoms with Crippen molar-refractivity contribution in [2.75, 3.05) is 0 Å². The third kappa shape index (κ3) is 2.33. The van der Waals surface area contributed by atoms with Crippen LogP contribution in [0.5, 0.6) is 0 Å². The molecule has 17 heavy (non-hydrogen) atoms. The van der Waals surface area contributed by atoms with Crippen LogP contribution in [-0.4, -0.2) is 17.5 Å². The second-order valence-electron chi connectivity index (χ2n) is 6.40. The average Bonchev–Trinajstić information content (AvgIpc) is 2.55. The molecule has 0 N–H and O–H groups in total. The molecule has 2 rings (SSSR count). The van der Waals surface area contributed by atoms with Crippen molar-refractivity contribution in [3.05, 3.63) is 11.6 Å². The summed E-state index contributed by atoms with van der Waals surface area (Å²) in [6.45, 7) is 8.58. The van der Waals surface area contributed by atoms with Gasteiger partial charge in [0.15, 0.2) is 5.78 Å². The molecule has 0 saturated heterocycles. The number of hydrogen-bond acceptors (Lipinski definition) is 2. The van der Waals surface area contributed by atoms with Gasteiger partial charge in [-0.2, -0.15) is 0 Å². The molecule has 0 aromatic carbocycles. The zero-order valence-corrected chi connectivity index (χ0v) is 11.5. The van der Waals surface area contributed by atoms with Crippen LogP contribution in [0.25, 0.3) is 0 Å². The summed E-state index contributed by atoms with van der Waals surface area (Å²) < 4.78 is 6.25. The number of ketones is 1. The van der Waals surface area contributed by atoms with E-state index in [2.05, 4.69) is 27.7 Å². The van der Waals surface area contributed by atoms with Crippen molar-refractivity contribution in [1.82, 2.24) is 0 Å². The first-order valence-electron chi connectivity index (χ1n) is 6.79. The Bertz CT molecular complexity index is 348. The van der Waals surface area contributed by atoms with Gasteiger partial charge in [-0.3, -0.25) is 4.79 Å². The Kier molecular flexibility index (Phi) is 3.19. The summed E-state index contributed by atoms with van der Waals surface area (Å²) in [7, 11) is 0. The standard InChI is InChI=1S/C15H24O2/c1-5-15-9-8-12(16)10-11(15)6-7-13(15)17-14(2,3)4/h10,13H,5-9H2,1-4H3/t13-,15-/m1/s1. The van der Waals surface area contributed by atoms with E-state index in [9.17, 15) is 4.79 Å². The molecule has 1 saturated carbocycles. The highest BCUT2D eigenvalue weighted by Gasteiger charge is 2.48. The molecule has 1 fully saturated rings. The first-order chi connectivity index (χ1) is 7.87. The molecule has 0 spiro atoms. The normalized spacial score (nSPS) is 33.5. The molecule has 2 nitrogen and oxygen atoms in total. The van der Waals surface area contributed by atoms with Crippen molar-refractivity contribution < 1.29 is 9.53 Å². The zero-order valence-electron chi connectivity index (χ0n) is 11.5. The molecule has 96 valence electrons. The van der Waals surface area contributed by atoms with E-state index in [0.717, 1.165) is 25.7 Å². The lowest BCUT2D eigenvalue weighted by molar-refractivity contribution is -0.120. The maximum Gasteiger partial charge on any atom is 0.155 e. The fourth-order valence-corrected chi connectivity index (χ4v) is 3.40. The van der Waals surface area contributed by atoms with Crippen LogP contribution >= 0.6 is 0 Å². The second kappa shape index (κ2) is 4.24. The van der Waals surface area contributed by atoms with E-state index in [0.29, 0.717) is 18.3 Å². The molecule has 2 heteroatoms. The lowest BCUT2D eigenvalue weighted by Crippen LogP contribution is -2.40. The monoisotopic (exact) mass is 236 g/mol. The maximum absolute atomic E-state index is 11.5. The van der Waals surface area contributed by atoms with Crippen LogP contribution in [-0.2, 0) is 9.53 Å². The molecule has 2 aliphatic carbocycles. The molecule has 0 unspecified atom stereocenters. The lowest BCUT2D eigenvalue weighted by atomic mass is 9.70. The maximum atomic E-state index is 11.5. The number of fused-ring (bicyclic) bond motifs is 1. The Labute approximate surface area is 104 Å². The molecule has 0 amide bonds. The fraction of sp³-hybridized carbons (Fsp3) is 0.800. The van der Waals surface area contributed by atoms with Crippen LogP contribution < -0.4 is 0 Å². The van der Waals surface area contributed by atoms with Crippen molar-refractivity contribution in [2.45, 2.75) is 71.5 Å². The molecule has 0 aromatic heterocycles. The minimum absolute atomic E-state index is 0.0935. The topological polar surface area (TPSA) is 26.3 Å². The predicted octanol–water partition coefficient (Wildman–Crippen LogP) is 3.65. The van der Waals surface area contributed by atoms with Gasteiger partial charge < -0.3 is 4.74 Å². The van der Waals surface area contributed by atoms with E-state index in [-0.39, 0.29) is 11.0 Å². The Morgan fingerprint density at radius 1 is 1.41 bits per heavy atom. The van der Waals surface area contributed by atoms with E-state index in [1.807, 2.05) is 6.08 Å². The van der Waals surface area contributed by atoms with Crippen LogP contribution in [0.2, 0.25) is 0 Å². The van der Waals surface area contributed by atoms with Gasteiger partial charge in [-0.05, 0) is 52.5 Å². The molecule has 2 atom stereocenters. The number of allylic oxidation sites excluding steroid dienone is 1. The van der Waals surface area contributed by atoms with Crippen LogP contribution in [0.1, 0.15) is 59.8 Å². The summed E-state index contributed by atoms with van der Waals surface area (Å²) in [5, 5.41) is 0. The smallest absolute Gasteiger partial charge is 0.155 e. The number of carbonyl (C=O) groups is 1. The fourth-order valence-electron chi connectivity index (χ4n) is 3.40. The van der Waals surface area contributed by atoms with Crippen LogP contribution in [0.15, 0.2) is 11.6 Å². The largest absolute Gasteiger partial charge is 0.372 e. The van der Waals surface area contributed by atoms with Crippen LogP contribution in [0, 0.1) is 5.41 Å². The van der Waals surface area contributed by atoms with Gasteiger partial charge in [0, 0.05) is 11.8 Å². The highest BCUT2D eigenvalue weighted by atomic mass is 16.5. The Morgan fingerprint density at radius 2 is 2.12 bits per heavy atom. The van der Waals surface area contributed by atoms with E-state index in [4.69, 9.17) is 4.74 Å². The highest BCUT2D eigenvalue weighted by molar-refractivity contribution is 5.91. The molecule has 0 aromatic rings. The zero-order chi connectivity index (χ0) is 12.7. The molecule has 0 radical (unpaired) electrons. The quantitative estimate of drug-likeness (QED) is 0.731. The molecular formula is C15H24O2. The third-order valence-corrected chi connectivity index (χ3v) is 4.21. The summed E-state index contributed by atoms with van der Waals surface area (Å²) >= 11 is 0. The second-order valence-corrected chi connectivity index (χ2v) is 6.40. The van der Waals surface area contributed by atoms with Crippen molar-refractivity contribution in [1.29, 1.82) is 0 Å². The molecule has 0 aliphatic heterocycles. The van der Waals surface area contributed by atoms with Crippen LogP contribution in [0.4, 0.5) is 0 Å². The Balaban J connectivity index is 2.26. The van der Waals surface area contributed by atoms with Crippen molar-refractivity contribution in [2.24, 2.45) is 5.41 Å². The van der Waals surface area contributed by atoms with Crippen molar-refractivity contribution >= 4 is 5.78 Å². The molecule has 0 heterocycles. The van der Waals surface area contributed by atoms with Gasteiger partial charge in [0.25, 0.3) is 0 Å².